The molecule has 1 spiro atoms. The van der Waals surface area contributed by atoms with Gasteiger partial charge in [-0.3, -0.25) is 9.47 Å². The number of pyridine rings is 2. The Balaban J connectivity index is 1.18. The first kappa shape index (κ1) is 25.6. The molecule has 0 saturated carbocycles. The first-order valence-electron chi connectivity index (χ1n) is 13.4. The lowest BCUT2D eigenvalue weighted by Gasteiger charge is -2.59. The fourth-order valence-corrected chi connectivity index (χ4v) is 7.09. The van der Waals surface area contributed by atoms with Gasteiger partial charge in [-0.05, 0) is 42.0 Å². The van der Waals surface area contributed by atoms with E-state index in [1.165, 1.54) is 9.87 Å². The van der Waals surface area contributed by atoms with E-state index in [1.807, 2.05) is 59.2 Å². The molecule has 2 aromatic carbocycles. The molecule has 2 aliphatic rings. The highest BCUT2D eigenvalue weighted by atomic mass is 32.2. The molecule has 7 rings (SSSR count). The molecule has 10 heteroatoms. The zero-order valence-corrected chi connectivity index (χ0v) is 23.2. The van der Waals surface area contributed by atoms with Crippen LogP contribution in [0.15, 0.2) is 97.0 Å². The van der Waals surface area contributed by atoms with Gasteiger partial charge in [0.25, 0.3) is 0 Å². The van der Waals surface area contributed by atoms with E-state index in [1.54, 1.807) is 6.20 Å². The molecular formula is C31H29N7O2S. The van der Waals surface area contributed by atoms with E-state index in [0.717, 1.165) is 58.7 Å². The number of likely N-dealkylation sites (tertiary alicyclic amines) is 1. The van der Waals surface area contributed by atoms with Crippen LogP contribution in [0, 0.1) is 5.41 Å². The Morgan fingerprint density at radius 2 is 1.66 bits per heavy atom. The fraction of sp³-hybridized carbons (Fsp3) is 0.194. The van der Waals surface area contributed by atoms with E-state index in [4.69, 9.17) is 15.7 Å². The third-order valence-electron chi connectivity index (χ3n) is 7.97. The van der Waals surface area contributed by atoms with Gasteiger partial charge >= 0.3 is 0 Å². The van der Waals surface area contributed by atoms with Crippen LogP contribution < -0.4 is 5.73 Å². The number of imidazole rings is 1. The van der Waals surface area contributed by atoms with E-state index in [0.29, 0.717) is 24.7 Å². The lowest BCUT2D eigenvalue weighted by Crippen LogP contribution is -2.72. The number of sulfonamides is 1. The van der Waals surface area contributed by atoms with Gasteiger partial charge in [-0.25, -0.2) is 23.4 Å². The van der Waals surface area contributed by atoms with Gasteiger partial charge < -0.3 is 5.73 Å². The third-order valence-corrected chi connectivity index (χ3v) is 9.37. The number of hydrogen-bond acceptors (Lipinski definition) is 7. The van der Waals surface area contributed by atoms with Crippen LogP contribution in [0.25, 0.3) is 39.5 Å². The van der Waals surface area contributed by atoms with Crippen molar-refractivity contribution in [3.05, 3.63) is 103 Å². The number of rotatable bonds is 7. The number of fused-ring (bicyclic) bond motifs is 1. The van der Waals surface area contributed by atoms with E-state index in [9.17, 15) is 8.42 Å². The molecule has 2 aliphatic heterocycles. The molecule has 0 unspecified atom stereocenters. The van der Waals surface area contributed by atoms with Crippen molar-refractivity contribution in [3.63, 3.8) is 0 Å². The molecule has 5 aromatic rings. The molecule has 41 heavy (non-hydrogen) atoms. The smallest absolute Gasteiger partial charge is 0.235 e. The van der Waals surface area contributed by atoms with Crippen molar-refractivity contribution in [3.8, 4) is 28.3 Å². The van der Waals surface area contributed by atoms with Crippen LogP contribution in [-0.4, -0.2) is 63.3 Å². The minimum atomic E-state index is -3.32. The van der Waals surface area contributed by atoms with Crippen molar-refractivity contribution in [2.45, 2.75) is 6.54 Å². The van der Waals surface area contributed by atoms with Gasteiger partial charge in [0.15, 0.2) is 11.5 Å². The molecule has 0 amide bonds. The Morgan fingerprint density at radius 3 is 2.37 bits per heavy atom. The Labute approximate surface area is 238 Å². The summed E-state index contributed by atoms with van der Waals surface area (Å²) >= 11 is 0. The Hall–Kier alpha value is -4.38. The van der Waals surface area contributed by atoms with E-state index in [2.05, 4.69) is 40.7 Å². The number of hydrogen-bond donors (Lipinski definition) is 1. The fourth-order valence-electron chi connectivity index (χ4n) is 5.97. The van der Waals surface area contributed by atoms with Gasteiger partial charge in [-0.2, -0.15) is 4.31 Å². The monoisotopic (exact) mass is 563 g/mol. The number of anilines is 1. The summed E-state index contributed by atoms with van der Waals surface area (Å²) in [7, 11) is -3.32. The predicted octanol–water partition coefficient (Wildman–Crippen LogP) is 4.32. The maximum Gasteiger partial charge on any atom is 0.235 e. The first-order valence-corrected chi connectivity index (χ1v) is 14.9. The number of nitrogens with zero attached hydrogens (tertiary/aromatic N) is 6. The first-order chi connectivity index (χ1) is 19.8. The average molecular weight is 564 g/mol. The molecule has 0 aliphatic carbocycles. The second kappa shape index (κ2) is 9.62. The third kappa shape index (κ3) is 4.50. The SMILES string of the molecule is C=CS(=O)(=O)N1CC2(CN(Cc3ccc(-n4c(-c5cccnc5N)nc5ccc(-c6ccccc6)nc54)cc3)C2)C1. The van der Waals surface area contributed by atoms with Crippen molar-refractivity contribution in [2.24, 2.45) is 5.41 Å². The van der Waals surface area contributed by atoms with E-state index >= 15 is 0 Å². The highest BCUT2D eigenvalue weighted by molar-refractivity contribution is 7.92. The molecule has 3 aromatic heterocycles. The van der Waals surface area contributed by atoms with Crippen molar-refractivity contribution >= 4 is 27.0 Å². The summed E-state index contributed by atoms with van der Waals surface area (Å²) in [5.74, 6) is 1.09. The number of nitrogen functional groups attached to an aromatic ring is 1. The van der Waals surface area contributed by atoms with Gasteiger partial charge in [-0.15, -0.1) is 0 Å². The highest BCUT2D eigenvalue weighted by Crippen LogP contribution is 2.42. The summed E-state index contributed by atoms with van der Waals surface area (Å²) < 4.78 is 27.5. The second-order valence-electron chi connectivity index (χ2n) is 10.9. The zero-order chi connectivity index (χ0) is 28.2. The van der Waals surface area contributed by atoms with Crippen molar-refractivity contribution in [1.82, 2.24) is 28.7 Å². The molecule has 5 heterocycles. The Morgan fingerprint density at radius 1 is 0.902 bits per heavy atom. The van der Waals surface area contributed by atoms with Gasteiger partial charge in [0.05, 0.1) is 11.3 Å². The number of benzene rings is 2. The topological polar surface area (TPSA) is 110 Å². The van der Waals surface area contributed by atoms with Crippen molar-refractivity contribution < 1.29 is 8.42 Å². The number of nitrogens with two attached hydrogens (primary N) is 1. The Bertz CT molecular complexity index is 1870. The van der Waals surface area contributed by atoms with Crippen LogP contribution in [0.4, 0.5) is 5.82 Å². The standard InChI is InChI=1S/C31H29N7O2S/c1-2-41(39,40)37-20-31(21-37)18-36(19-31)17-22-10-12-24(13-11-22)38-29(25-9-6-16-33-28(25)32)35-27-15-14-26(34-30(27)38)23-7-4-3-5-8-23/h2-16H,1,17-21H2,(H2,32,33). The predicted molar refractivity (Wildman–Crippen MR) is 160 cm³/mol. The maximum absolute atomic E-state index is 12.0. The van der Waals surface area contributed by atoms with Crippen LogP contribution in [0.3, 0.4) is 0 Å². The molecule has 2 saturated heterocycles. The maximum atomic E-state index is 12.0. The molecule has 0 radical (unpaired) electrons. The van der Waals surface area contributed by atoms with Crippen molar-refractivity contribution in [1.29, 1.82) is 0 Å². The second-order valence-corrected chi connectivity index (χ2v) is 12.8. The van der Waals surface area contributed by atoms with E-state index in [-0.39, 0.29) is 5.41 Å². The van der Waals surface area contributed by atoms with Gasteiger partial charge in [0, 0.05) is 61.0 Å². The molecule has 206 valence electrons. The van der Waals surface area contributed by atoms with Crippen LogP contribution in [0.1, 0.15) is 5.56 Å². The normalized spacial score (nSPS) is 16.9. The quantitative estimate of drug-likeness (QED) is 0.314. The molecule has 0 atom stereocenters. The summed E-state index contributed by atoms with van der Waals surface area (Å²) in [6, 6.07) is 26.3. The van der Waals surface area contributed by atoms with Crippen LogP contribution >= 0.6 is 0 Å². The Kier molecular flexibility index (Phi) is 6.00. The molecule has 0 bridgehead atoms. The van der Waals surface area contributed by atoms with Crippen LogP contribution in [0.2, 0.25) is 0 Å². The molecule has 9 nitrogen and oxygen atoms in total. The number of aromatic nitrogens is 4. The van der Waals surface area contributed by atoms with Crippen LogP contribution in [0.5, 0.6) is 0 Å². The van der Waals surface area contributed by atoms with Gasteiger partial charge in [-0.1, -0.05) is 49.0 Å². The minimum absolute atomic E-state index is 0.0758. The average Bonchev–Trinajstić information content (AvgIpc) is 3.33. The lowest BCUT2D eigenvalue weighted by atomic mass is 9.74. The molecule has 2 fully saturated rings. The summed E-state index contributed by atoms with van der Waals surface area (Å²) in [6.45, 7) is 7.15. The van der Waals surface area contributed by atoms with Gasteiger partial charge in [0.2, 0.25) is 10.0 Å². The summed E-state index contributed by atoms with van der Waals surface area (Å²) in [5, 5.41) is 1.04. The lowest BCUT2D eigenvalue weighted by molar-refractivity contribution is -0.0842. The summed E-state index contributed by atoms with van der Waals surface area (Å²) in [6.07, 6.45) is 1.67. The highest BCUT2D eigenvalue weighted by Gasteiger charge is 2.54. The molecule has 2 N–H and O–H groups in total. The summed E-state index contributed by atoms with van der Waals surface area (Å²) in [4.78, 5) is 16.6. The van der Waals surface area contributed by atoms with Crippen LogP contribution in [-0.2, 0) is 16.6 Å². The van der Waals surface area contributed by atoms with Gasteiger partial charge in [0.1, 0.15) is 11.3 Å². The van der Waals surface area contributed by atoms with E-state index < -0.39 is 10.0 Å². The summed E-state index contributed by atoms with van der Waals surface area (Å²) in [5.41, 5.74) is 12.6. The largest absolute Gasteiger partial charge is 0.383 e. The zero-order valence-electron chi connectivity index (χ0n) is 22.4. The molecular weight excluding hydrogens is 534 g/mol. The minimum Gasteiger partial charge on any atom is -0.383 e. The van der Waals surface area contributed by atoms with Crippen molar-refractivity contribution in [2.75, 3.05) is 31.9 Å².